The zero-order chi connectivity index (χ0) is 23.5. The number of para-hydroxylation sites is 1. The molecule has 1 aliphatic carbocycles. The number of hydrogen-bond donors (Lipinski definition) is 1. The molecule has 0 saturated heterocycles. The van der Waals surface area contributed by atoms with Gasteiger partial charge in [-0.15, -0.1) is 18.3 Å². The number of halogens is 3. The van der Waals surface area contributed by atoms with Gasteiger partial charge in [-0.3, -0.25) is 5.43 Å². The normalized spacial score (nSPS) is 13.9. The number of hydrogen-bond acceptors (Lipinski definition) is 5. The molecule has 34 heavy (non-hydrogen) atoms. The van der Waals surface area contributed by atoms with Crippen LogP contribution in [0.4, 0.5) is 18.9 Å². The van der Waals surface area contributed by atoms with Gasteiger partial charge in [-0.2, -0.15) is 5.10 Å². The second-order valence-corrected chi connectivity index (χ2v) is 7.91. The molecule has 9 heteroatoms. The third-order valence-corrected chi connectivity index (χ3v) is 5.37. The van der Waals surface area contributed by atoms with E-state index in [9.17, 15) is 13.2 Å². The third-order valence-electron chi connectivity index (χ3n) is 5.37. The number of alkyl halides is 3. The van der Waals surface area contributed by atoms with Crippen LogP contribution in [0.15, 0.2) is 84.2 Å². The lowest BCUT2D eigenvalue weighted by molar-refractivity contribution is -0.274. The number of nitrogens with one attached hydrogen (secondary N) is 1. The Morgan fingerprint density at radius 2 is 1.71 bits per heavy atom. The van der Waals surface area contributed by atoms with E-state index in [1.165, 1.54) is 53.7 Å². The van der Waals surface area contributed by atoms with Crippen LogP contribution in [-0.2, 0) is 0 Å². The van der Waals surface area contributed by atoms with E-state index in [4.69, 9.17) is 0 Å². The second-order valence-electron chi connectivity index (χ2n) is 7.91. The average molecular weight is 463 g/mol. The minimum Gasteiger partial charge on any atom is -0.406 e. The van der Waals surface area contributed by atoms with Gasteiger partial charge in [-0.1, -0.05) is 42.5 Å². The molecule has 0 aliphatic heterocycles. The molecule has 0 amide bonds. The fourth-order valence-corrected chi connectivity index (χ4v) is 3.56. The van der Waals surface area contributed by atoms with Crippen LogP contribution in [0.2, 0.25) is 0 Å². The van der Waals surface area contributed by atoms with Crippen molar-refractivity contribution >= 4 is 11.9 Å². The van der Waals surface area contributed by atoms with E-state index in [2.05, 4.69) is 31.4 Å². The summed E-state index contributed by atoms with van der Waals surface area (Å²) in [6.45, 7) is 0. The molecule has 1 aromatic heterocycles. The highest BCUT2D eigenvalue weighted by atomic mass is 19.4. The maximum absolute atomic E-state index is 12.3. The molecule has 5 rings (SSSR count). The van der Waals surface area contributed by atoms with Crippen LogP contribution in [0.1, 0.15) is 29.9 Å². The molecule has 4 aromatic rings. The maximum atomic E-state index is 12.3. The summed E-state index contributed by atoms with van der Waals surface area (Å²) in [4.78, 5) is 4.30. The number of aromatic nitrogens is 3. The van der Waals surface area contributed by atoms with Crippen LogP contribution < -0.4 is 10.2 Å². The van der Waals surface area contributed by atoms with Crippen LogP contribution in [-0.4, -0.2) is 27.3 Å². The summed E-state index contributed by atoms with van der Waals surface area (Å²) in [6, 6.07) is 21.2. The highest BCUT2D eigenvalue weighted by Crippen LogP contribution is 2.43. The smallest absolute Gasteiger partial charge is 0.406 e. The molecule has 0 spiro atoms. The molecule has 0 atom stereocenters. The molecule has 0 radical (unpaired) electrons. The van der Waals surface area contributed by atoms with E-state index in [1.807, 2.05) is 42.5 Å². The van der Waals surface area contributed by atoms with E-state index in [1.54, 1.807) is 6.21 Å². The molecule has 0 bridgehead atoms. The summed E-state index contributed by atoms with van der Waals surface area (Å²) < 4.78 is 42.3. The number of ether oxygens (including phenoxy) is 1. The highest BCUT2D eigenvalue weighted by molar-refractivity contribution is 5.81. The number of benzene rings is 3. The molecule has 1 N–H and O–H groups in total. The van der Waals surface area contributed by atoms with E-state index in [0.29, 0.717) is 17.4 Å². The largest absolute Gasteiger partial charge is 0.573 e. The molecule has 1 aliphatic rings. The topological polar surface area (TPSA) is 64.3 Å². The molecule has 1 fully saturated rings. The minimum absolute atomic E-state index is 0.292. The summed E-state index contributed by atoms with van der Waals surface area (Å²) >= 11 is 0. The maximum Gasteiger partial charge on any atom is 0.573 e. The summed E-state index contributed by atoms with van der Waals surface area (Å²) in [5, 5.41) is 8.78. The van der Waals surface area contributed by atoms with E-state index in [0.717, 1.165) is 16.8 Å². The van der Waals surface area contributed by atoms with E-state index >= 15 is 0 Å². The third kappa shape index (κ3) is 5.25. The summed E-state index contributed by atoms with van der Waals surface area (Å²) in [5.74, 6) is 0.839. The van der Waals surface area contributed by atoms with Crippen molar-refractivity contribution in [2.75, 3.05) is 5.43 Å². The van der Waals surface area contributed by atoms with Crippen molar-refractivity contribution in [2.24, 2.45) is 5.10 Å². The van der Waals surface area contributed by atoms with Crippen LogP contribution in [0.5, 0.6) is 5.75 Å². The standard InChI is InChI=1S/C25H20F3N5O/c26-25(27,28)34-21-13-11-20(12-14-21)33-16-29-24(32-33)19-7-5-17(6-8-19)15-30-31-23-4-2-1-3-22(23)18-9-10-18/h1-8,11-16,18,31H,9-10H2/b30-15+. The fraction of sp³-hybridized carbons (Fsp3) is 0.160. The quantitative estimate of drug-likeness (QED) is 0.264. The first kappa shape index (κ1) is 21.7. The Morgan fingerprint density at radius 3 is 2.41 bits per heavy atom. The van der Waals surface area contributed by atoms with Gasteiger partial charge in [0.25, 0.3) is 0 Å². The predicted molar refractivity (Wildman–Crippen MR) is 123 cm³/mol. The first-order valence-corrected chi connectivity index (χ1v) is 10.7. The van der Waals surface area contributed by atoms with Crippen molar-refractivity contribution in [3.05, 3.63) is 90.3 Å². The molecule has 6 nitrogen and oxygen atoms in total. The molecular weight excluding hydrogens is 443 g/mol. The number of nitrogens with zero attached hydrogens (tertiary/aromatic N) is 4. The van der Waals surface area contributed by atoms with Gasteiger partial charge < -0.3 is 4.74 Å². The minimum atomic E-state index is -4.73. The van der Waals surface area contributed by atoms with Gasteiger partial charge in [0, 0.05) is 5.56 Å². The van der Waals surface area contributed by atoms with Gasteiger partial charge >= 0.3 is 6.36 Å². The SMILES string of the molecule is FC(F)(F)Oc1ccc(-n2cnc(-c3ccc(/C=N/Nc4ccccc4C4CC4)cc3)n2)cc1. The van der Waals surface area contributed by atoms with Crippen molar-refractivity contribution in [3.63, 3.8) is 0 Å². The Labute approximate surface area is 193 Å². The van der Waals surface area contributed by atoms with Crippen LogP contribution in [0.25, 0.3) is 17.1 Å². The Bertz CT molecular complexity index is 1290. The van der Waals surface area contributed by atoms with Crippen molar-refractivity contribution < 1.29 is 17.9 Å². The number of hydrazone groups is 1. The molecule has 1 saturated carbocycles. The molecule has 172 valence electrons. The zero-order valence-corrected chi connectivity index (χ0v) is 17.9. The number of rotatable bonds is 7. The Hall–Kier alpha value is -4.14. The summed E-state index contributed by atoms with van der Waals surface area (Å²) in [5.41, 5.74) is 7.76. The molecule has 1 heterocycles. The number of anilines is 1. The van der Waals surface area contributed by atoms with Crippen molar-refractivity contribution in [3.8, 4) is 22.8 Å². The predicted octanol–water partition coefficient (Wildman–Crippen LogP) is 6.16. The Balaban J connectivity index is 1.23. The first-order valence-electron chi connectivity index (χ1n) is 10.7. The van der Waals surface area contributed by atoms with Crippen LogP contribution >= 0.6 is 0 Å². The molecular formula is C25H20F3N5O. The van der Waals surface area contributed by atoms with Crippen LogP contribution in [0.3, 0.4) is 0 Å². The van der Waals surface area contributed by atoms with Gasteiger partial charge in [-0.05, 0) is 60.2 Å². The fourth-order valence-electron chi connectivity index (χ4n) is 3.56. The van der Waals surface area contributed by atoms with Gasteiger partial charge in [-0.25, -0.2) is 9.67 Å². The average Bonchev–Trinajstić information content (AvgIpc) is 3.55. The highest BCUT2D eigenvalue weighted by Gasteiger charge is 2.31. The molecule has 3 aromatic carbocycles. The summed E-state index contributed by atoms with van der Waals surface area (Å²) in [7, 11) is 0. The second kappa shape index (κ2) is 9.01. The van der Waals surface area contributed by atoms with Crippen molar-refractivity contribution in [2.45, 2.75) is 25.1 Å². The Morgan fingerprint density at radius 1 is 0.971 bits per heavy atom. The van der Waals surface area contributed by atoms with Crippen LogP contribution in [0, 0.1) is 0 Å². The van der Waals surface area contributed by atoms with E-state index in [-0.39, 0.29) is 5.75 Å². The van der Waals surface area contributed by atoms with Gasteiger partial charge in [0.1, 0.15) is 12.1 Å². The Kier molecular flexibility index (Phi) is 5.75. The lowest BCUT2D eigenvalue weighted by atomic mass is 10.1. The summed E-state index contributed by atoms with van der Waals surface area (Å²) in [6.07, 6.45) is 0.989. The lowest BCUT2D eigenvalue weighted by Gasteiger charge is -2.09. The monoisotopic (exact) mass is 463 g/mol. The lowest BCUT2D eigenvalue weighted by Crippen LogP contribution is -2.17. The van der Waals surface area contributed by atoms with E-state index < -0.39 is 6.36 Å². The first-order chi connectivity index (χ1) is 16.4. The van der Waals surface area contributed by atoms with Gasteiger partial charge in [0.05, 0.1) is 17.6 Å². The zero-order valence-electron chi connectivity index (χ0n) is 17.9. The molecule has 0 unspecified atom stereocenters. The van der Waals surface area contributed by atoms with Crippen molar-refractivity contribution in [1.82, 2.24) is 14.8 Å². The van der Waals surface area contributed by atoms with Gasteiger partial charge in [0.2, 0.25) is 0 Å². The van der Waals surface area contributed by atoms with Crippen molar-refractivity contribution in [1.29, 1.82) is 0 Å². The van der Waals surface area contributed by atoms with Gasteiger partial charge in [0.15, 0.2) is 5.82 Å².